The van der Waals surface area contributed by atoms with Crippen LogP contribution in [-0.4, -0.2) is 28.6 Å². The third-order valence-electron chi connectivity index (χ3n) is 3.81. The van der Waals surface area contributed by atoms with Gasteiger partial charge in [-0.1, -0.05) is 30.3 Å². The number of halogens is 1. The second kappa shape index (κ2) is 7.61. The first-order chi connectivity index (χ1) is 12.5. The Morgan fingerprint density at radius 1 is 1.23 bits per heavy atom. The lowest BCUT2D eigenvalue weighted by molar-refractivity contribution is -0.123. The van der Waals surface area contributed by atoms with E-state index in [0.717, 1.165) is 10.5 Å². The van der Waals surface area contributed by atoms with Crippen LogP contribution in [0.25, 0.3) is 6.08 Å². The van der Waals surface area contributed by atoms with Gasteiger partial charge >= 0.3 is 6.03 Å². The highest BCUT2D eigenvalue weighted by atomic mass is 79.9. The van der Waals surface area contributed by atoms with Crippen molar-refractivity contribution in [3.05, 3.63) is 63.8 Å². The molecular weight excluding hydrogens is 400 g/mol. The molecule has 7 heteroatoms. The molecule has 0 aliphatic carbocycles. The summed E-state index contributed by atoms with van der Waals surface area (Å²) < 4.78 is 5.82. The van der Waals surface area contributed by atoms with E-state index in [1.807, 2.05) is 30.3 Å². The van der Waals surface area contributed by atoms with Crippen molar-refractivity contribution in [1.82, 2.24) is 10.2 Å². The van der Waals surface area contributed by atoms with E-state index in [1.54, 1.807) is 25.1 Å². The summed E-state index contributed by atoms with van der Waals surface area (Å²) in [5, 5.41) is 12.6. The van der Waals surface area contributed by atoms with Crippen LogP contribution in [-0.2, 0) is 11.3 Å². The van der Waals surface area contributed by atoms with Gasteiger partial charge in [0.2, 0.25) is 0 Å². The van der Waals surface area contributed by atoms with Crippen LogP contribution in [0.5, 0.6) is 11.5 Å². The molecule has 1 aliphatic heterocycles. The van der Waals surface area contributed by atoms with Gasteiger partial charge in [0.15, 0.2) is 11.5 Å². The summed E-state index contributed by atoms with van der Waals surface area (Å²) in [6.07, 6.45) is 1.55. The third kappa shape index (κ3) is 3.72. The summed E-state index contributed by atoms with van der Waals surface area (Å²) >= 11 is 3.26. The maximum Gasteiger partial charge on any atom is 0.329 e. The first-order valence-electron chi connectivity index (χ1n) is 8.03. The third-order valence-corrected chi connectivity index (χ3v) is 4.41. The van der Waals surface area contributed by atoms with E-state index in [1.165, 1.54) is 0 Å². The van der Waals surface area contributed by atoms with Gasteiger partial charge in [-0.3, -0.25) is 9.69 Å². The van der Waals surface area contributed by atoms with E-state index in [2.05, 4.69) is 21.2 Å². The maximum absolute atomic E-state index is 12.6. The van der Waals surface area contributed by atoms with Gasteiger partial charge in [-0.15, -0.1) is 0 Å². The number of aromatic hydroxyl groups is 1. The lowest BCUT2D eigenvalue weighted by Gasteiger charge is -2.11. The van der Waals surface area contributed by atoms with Gasteiger partial charge in [-0.05, 0) is 52.2 Å². The van der Waals surface area contributed by atoms with Crippen LogP contribution >= 0.6 is 15.9 Å². The number of hydrogen-bond acceptors (Lipinski definition) is 4. The van der Waals surface area contributed by atoms with Crippen LogP contribution < -0.4 is 10.1 Å². The second-order valence-electron chi connectivity index (χ2n) is 5.65. The summed E-state index contributed by atoms with van der Waals surface area (Å²) in [7, 11) is 0. The molecule has 0 spiro atoms. The Kier molecular flexibility index (Phi) is 5.27. The molecule has 0 radical (unpaired) electrons. The molecular formula is C19H17BrN2O4. The predicted molar refractivity (Wildman–Crippen MR) is 100 cm³/mol. The molecule has 26 heavy (non-hydrogen) atoms. The zero-order valence-corrected chi connectivity index (χ0v) is 15.6. The van der Waals surface area contributed by atoms with Gasteiger partial charge in [-0.2, -0.15) is 0 Å². The molecule has 0 atom stereocenters. The number of benzene rings is 2. The lowest BCUT2D eigenvalue weighted by atomic mass is 10.1. The van der Waals surface area contributed by atoms with Crippen LogP contribution in [0.15, 0.2) is 52.6 Å². The maximum atomic E-state index is 12.6. The highest BCUT2D eigenvalue weighted by molar-refractivity contribution is 9.10. The van der Waals surface area contributed by atoms with Crippen molar-refractivity contribution in [1.29, 1.82) is 0 Å². The summed E-state index contributed by atoms with van der Waals surface area (Å²) in [6, 6.07) is 12.1. The molecule has 134 valence electrons. The number of phenolic OH excluding ortho intramolecular Hbond substituents is 1. The number of urea groups is 1. The summed E-state index contributed by atoms with van der Waals surface area (Å²) in [5.41, 5.74) is 1.65. The van der Waals surface area contributed by atoms with Crippen molar-refractivity contribution in [2.24, 2.45) is 0 Å². The lowest BCUT2D eigenvalue weighted by Crippen LogP contribution is -2.30. The molecule has 2 N–H and O–H groups in total. The minimum absolute atomic E-state index is 0.0125. The van der Waals surface area contributed by atoms with Crippen LogP contribution in [0.1, 0.15) is 18.1 Å². The van der Waals surface area contributed by atoms with Crippen molar-refractivity contribution in [3.8, 4) is 11.5 Å². The molecule has 1 heterocycles. The van der Waals surface area contributed by atoms with E-state index < -0.39 is 11.9 Å². The van der Waals surface area contributed by atoms with Crippen LogP contribution in [0.4, 0.5) is 4.79 Å². The van der Waals surface area contributed by atoms with Gasteiger partial charge in [-0.25, -0.2) is 4.79 Å². The number of nitrogens with zero attached hydrogens (tertiary/aromatic N) is 1. The standard InChI is InChI=1S/C19H17BrN2O4/c1-2-26-16-10-13(8-14(20)17(16)23)9-15-18(24)22(19(25)21-15)11-12-6-4-3-5-7-12/h3-10,23H,2,11H2,1H3,(H,21,25)/b15-9+. The molecule has 2 aromatic rings. The Morgan fingerprint density at radius 2 is 1.96 bits per heavy atom. The number of imide groups is 1. The predicted octanol–water partition coefficient (Wildman–Crippen LogP) is 3.65. The number of phenols is 1. The topological polar surface area (TPSA) is 78.9 Å². The fourth-order valence-electron chi connectivity index (χ4n) is 2.59. The molecule has 2 aromatic carbocycles. The normalized spacial score (nSPS) is 15.5. The molecule has 3 amide bonds. The zero-order chi connectivity index (χ0) is 18.7. The Morgan fingerprint density at radius 3 is 2.65 bits per heavy atom. The summed E-state index contributed by atoms with van der Waals surface area (Å²) in [6.45, 7) is 2.40. The van der Waals surface area contributed by atoms with Gasteiger partial charge < -0.3 is 15.2 Å². The molecule has 1 aliphatic rings. The van der Waals surface area contributed by atoms with Crippen molar-refractivity contribution in [2.75, 3.05) is 6.61 Å². The van der Waals surface area contributed by atoms with E-state index >= 15 is 0 Å². The highest BCUT2D eigenvalue weighted by Gasteiger charge is 2.33. The van der Waals surface area contributed by atoms with Crippen LogP contribution in [0.2, 0.25) is 0 Å². The number of amides is 3. The molecule has 3 rings (SSSR count). The van der Waals surface area contributed by atoms with Gasteiger partial charge in [0.1, 0.15) is 5.70 Å². The number of carbonyl (C=O) groups excluding carboxylic acids is 2. The quantitative estimate of drug-likeness (QED) is 0.575. The van der Waals surface area contributed by atoms with Crippen molar-refractivity contribution >= 4 is 33.9 Å². The summed E-state index contributed by atoms with van der Waals surface area (Å²) in [4.78, 5) is 25.9. The van der Waals surface area contributed by atoms with Crippen molar-refractivity contribution in [3.63, 3.8) is 0 Å². The fraction of sp³-hybridized carbons (Fsp3) is 0.158. The molecule has 0 aromatic heterocycles. The SMILES string of the molecule is CCOc1cc(/C=C2/NC(=O)N(Cc3ccccc3)C2=O)cc(Br)c1O. The molecule has 0 unspecified atom stereocenters. The van der Waals surface area contributed by atoms with Gasteiger partial charge in [0, 0.05) is 0 Å². The molecule has 1 saturated heterocycles. The highest BCUT2D eigenvalue weighted by Crippen LogP contribution is 2.36. The smallest absolute Gasteiger partial charge is 0.329 e. The monoisotopic (exact) mass is 416 g/mol. The Balaban J connectivity index is 1.86. The van der Waals surface area contributed by atoms with Crippen molar-refractivity contribution in [2.45, 2.75) is 13.5 Å². The number of rotatable bonds is 5. The second-order valence-corrected chi connectivity index (χ2v) is 6.50. The number of ether oxygens (including phenoxy) is 1. The Bertz CT molecular complexity index is 881. The molecule has 6 nitrogen and oxygen atoms in total. The summed E-state index contributed by atoms with van der Waals surface area (Å²) in [5.74, 6) is -0.117. The van der Waals surface area contributed by atoms with Gasteiger partial charge in [0.05, 0.1) is 17.6 Å². The Labute approximate surface area is 159 Å². The first-order valence-corrected chi connectivity index (χ1v) is 8.82. The fourth-order valence-corrected chi connectivity index (χ4v) is 3.05. The van der Waals surface area contributed by atoms with E-state index in [-0.39, 0.29) is 18.0 Å². The van der Waals surface area contributed by atoms with E-state index in [4.69, 9.17) is 4.74 Å². The first kappa shape index (κ1) is 18.0. The molecule has 0 bridgehead atoms. The number of hydrogen-bond donors (Lipinski definition) is 2. The van der Waals surface area contributed by atoms with Crippen LogP contribution in [0.3, 0.4) is 0 Å². The minimum atomic E-state index is -0.465. The number of carbonyl (C=O) groups is 2. The van der Waals surface area contributed by atoms with E-state index in [0.29, 0.717) is 22.4 Å². The average Bonchev–Trinajstić information content (AvgIpc) is 2.88. The number of nitrogens with one attached hydrogen (secondary N) is 1. The molecule has 0 saturated carbocycles. The largest absolute Gasteiger partial charge is 0.503 e. The van der Waals surface area contributed by atoms with Gasteiger partial charge in [0.25, 0.3) is 5.91 Å². The minimum Gasteiger partial charge on any atom is -0.503 e. The zero-order valence-electron chi connectivity index (χ0n) is 14.0. The van der Waals surface area contributed by atoms with Crippen molar-refractivity contribution < 1.29 is 19.4 Å². The molecule has 1 fully saturated rings. The van der Waals surface area contributed by atoms with E-state index in [9.17, 15) is 14.7 Å². The Hall–Kier alpha value is -2.80. The van der Waals surface area contributed by atoms with Crippen LogP contribution in [0, 0.1) is 0 Å². The average molecular weight is 417 g/mol.